The van der Waals surface area contributed by atoms with Crippen LogP contribution in [0.3, 0.4) is 0 Å². The number of hydrogen-bond acceptors (Lipinski definition) is 3. The van der Waals surface area contributed by atoms with Crippen molar-refractivity contribution in [2.75, 3.05) is 0 Å². The third-order valence-corrected chi connectivity index (χ3v) is 4.97. The highest BCUT2D eigenvalue weighted by molar-refractivity contribution is 6.30. The van der Waals surface area contributed by atoms with E-state index in [0.29, 0.717) is 0 Å². The SMILES string of the molecule is CC(C)=C(C)C1=C(C)n2c(C)nnc2C(C)N=C1c1ccc(Cl)cc1. The topological polar surface area (TPSA) is 43.1 Å². The van der Waals surface area contributed by atoms with Gasteiger partial charge in [-0.2, -0.15) is 0 Å². The molecule has 2 aromatic rings. The van der Waals surface area contributed by atoms with Gasteiger partial charge in [0, 0.05) is 21.9 Å². The van der Waals surface area contributed by atoms with E-state index in [2.05, 4.69) is 49.4 Å². The number of halogens is 1. The van der Waals surface area contributed by atoms with Crippen LogP contribution in [0.4, 0.5) is 0 Å². The van der Waals surface area contributed by atoms with Crippen molar-refractivity contribution in [2.24, 2.45) is 4.99 Å². The largest absolute Gasteiger partial charge is 0.285 e. The second-order valence-electron chi connectivity index (χ2n) is 6.69. The number of fused-ring (bicyclic) bond motifs is 1. The first-order valence-electron chi connectivity index (χ1n) is 8.43. The fourth-order valence-corrected chi connectivity index (χ4v) is 3.31. The van der Waals surface area contributed by atoms with Gasteiger partial charge in [-0.25, -0.2) is 0 Å². The van der Waals surface area contributed by atoms with Gasteiger partial charge in [0.2, 0.25) is 0 Å². The van der Waals surface area contributed by atoms with Crippen molar-refractivity contribution in [1.82, 2.24) is 14.8 Å². The summed E-state index contributed by atoms with van der Waals surface area (Å²) in [4.78, 5) is 5.02. The average Bonchev–Trinajstić information content (AvgIpc) is 2.91. The summed E-state index contributed by atoms with van der Waals surface area (Å²) >= 11 is 6.08. The number of aliphatic imine (C=N–C) groups is 1. The molecule has 0 N–H and O–H groups in total. The minimum absolute atomic E-state index is 0.0794. The molecule has 5 heteroatoms. The standard InChI is InChI=1S/C20H23ClN4/c1-11(2)12(3)18-14(5)25-15(6)23-24-20(25)13(4)22-19(18)16-7-9-17(21)10-8-16/h7-10,13H,1-6H3. The Labute approximate surface area is 154 Å². The van der Waals surface area contributed by atoms with Crippen LogP contribution >= 0.6 is 11.6 Å². The van der Waals surface area contributed by atoms with Crippen molar-refractivity contribution in [1.29, 1.82) is 0 Å². The average molecular weight is 355 g/mol. The minimum Gasteiger partial charge on any atom is -0.285 e. The molecule has 0 amide bonds. The Morgan fingerprint density at radius 1 is 1.04 bits per heavy atom. The van der Waals surface area contributed by atoms with E-state index >= 15 is 0 Å². The second kappa shape index (κ2) is 6.60. The zero-order valence-electron chi connectivity index (χ0n) is 15.6. The van der Waals surface area contributed by atoms with Crippen LogP contribution in [0.5, 0.6) is 0 Å². The van der Waals surface area contributed by atoms with E-state index in [9.17, 15) is 0 Å². The Balaban J connectivity index is 2.35. The van der Waals surface area contributed by atoms with Gasteiger partial charge in [-0.05, 0) is 59.2 Å². The first-order valence-corrected chi connectivity index (χ1v) is 8.80. The van der Waals surface area contributed by atoms with Crippen molar-refractivity contribution in [3.63, 3.8) is 0 Å². The molecule has 0 radical (unpaired) electrons. The molecule has 0 aliphatic carbocycles. The molecular formula is C20H23ClN4. The van der Waals surface area contributed by atoms with Gasteiger partial charge in [-0.1, -0.05) is 29.3 Å². The molecular weight excluding hydrogens is 332 g/mol. The molecule has 0 spiro atoms. The molecule has 3 rings (SSSR count). The molecule has 0 saturated heterocycles. The Kier molecular flexibility index (Phi) is 4.65. The lowest BCUT2D eigenvalue weighted by Gasteiger charge is -2.17. The van der Waals surface area contributed by atoms with Gasteiger partial charge in [0.15, 0.2) is 5.82 Å². The number of aryl methyl sites for hydroxylation is 1. The summed E-state index contributed by atoms with van der Waals surface area (Å²) in [5, 5.41) is 9.35. The van der Waals surface area contributed by atoms with Gasteiger partial charge in [0.1, 0.15) is 11.9 Å². The molecule has 0 saturated carbocycles. The van der Waals surface area contributed by atoms with Crippen LogP contribution < -0.4 is 0 Å². The fourth-order valence-electron chi connectivity index (χ4n) is 3.19. The number of rotatable bonds is 2. The molecule has 130 valence electrons. The van der Waals surface area contributed by atoms with Crippen LogP contribution in [0.15, 0.2) is 46.0 Å². The van der Waals surface area contributed by atoms with Crippen LogP contribution in [0.25, 0.3) is 5.70 Å². The number of nitrogens with zero attached hydrogens (tertiary/aromatic N) is 4. The Morgan fingerprint density at radius 2 is 1.68 bits per heavy atom. The Bertz CT molecular complexity index is 910. The molecule has 0 fully saturated rings. The summed E-state index contributed by atoms with van der Waals surface area (Å²) in [6, 6.07) is 7.79. The van der Waals surface area contributed by atoms with Gasteiger partial charge in [-0.15, -0.1) is 10.2 Å². The van der Waals surface area contributed by atoms with Crippen LogP contribution in [0.2, 0.25) is 5.02 Å². The number of aromatic nitrogens is 3. The molecule has 0 bridgehead atoms. The molecule has 1 aliphatic heterocycles. The maximum Gasteiger partial charge on any atom is 0.161 e. The van der Waals surface area contributed by atoms with Crippen molar-refractivity contribution >= 4 is 23.0 Å². The van der Waals surface area contributed by atoms with Gasteiger partial charge in [0.25, 0.3) is 0 Å². The molecule has 2 heterocycles. The van der Waals surface area contributed by atoms with Crippen LogP contribution in [0.1, 0.15) is 57.9 Å². The number of benzene rings is 1. The first kappa shape index (κ1) is 17.6. The summed E-state index contributed by atoms with van der Waals surface area (Å²) < 4.78 is 2.12. The van der Waals surface area contributed by atoms with Gasteiger partial charge in [0.05, 0.1) is 5.71 Å². The molecule has 1 aromatic carbocycles. The van der Waals surface area contributed by atoms with E-state index in [0.717, 1.165) is 39.2 Å². The third-order valence-electron chi connectivity index (χ3n) is 4.72. The first-order chi connectivity index (χ1) is 11.8. The summed E-state index contributed by atoms with van der Waals surface area (Å²) in [5.41, 5.74) is 6.76. The highest BCUT2D eigenvalue weighted by atomic mass is 35.5. The molecule has 1 unspecified atom stereocenters. The minimum atomic E-state index is -0.0794. The summed E-state index contributed by atoms with van der Waals surface area (Å²) in [7, 11) is 0. The van der Waals surface area contributed by atoms with E-state index in [1.54, 1.807) is 0 Å². The van der Waals surface area contributed by atoms with Crippen LogP contribution in [-0.4, -0.2) is 20.5 Å². The second-order valence-corrected chi connectivity index (χ2v) is 7.12. The van der Waals surface area contributed by atoms with Gasteiger partial charge < -0.3 is 0 Å². The van der Waals surface area contributed by atoms with E-state index in [-0.39, 0.29) is 6.04 Å². The predicted octanol–water partition coefficient (Wildman–Crippen LogP) is 5.39. The lowest BCUT2D eigenvalue weighted by atomic mass is 9.92. The third kappa shape index (κ3) is 3.07. The van der Waals surface area contributed by atoms with E-state index < -0.39 is 0 Å². The summed E-state index contributed by atoms with van der Waals surface area (Å²) in [6.07, 6.45) is 0. The lowest BCUT2D eigenvalue weighted by Crippen LogP contribution is -2.11. The molecule has 1 aliphatic rings. The van der Waals surface area contributed by atoms with Crippen molar-refractivity contribution in [3.05, 3.63) is 63.2 Å². The molecule has 1 atom stereocenters. The lowest BCUT2D eigenvalue weighted by molar-refractivity contribution is 0.723. The van der Waals surface area contributed by atoms with Crippen molar-refractivity contribution in [3.8, 4) is 0 Å². The quantitative estimate of drug-likeness (QED) is 0.725. The van der Waals surface area contributed by atoms with Crippen molar-refractivity contribution in [2.45, 2.75) is 47.6 Å². The van der Waals surface area contributed by atoms with Crippen molar-refractivity contribution < 1.29 is 0 Å². The monoisotopic (exact) mass is 354 g/mol. The maximum atomic E-state index is 6.08. The molecule has 4 nitrogen and oxygen atoms in total. The van der Waals surface area contributed by atoms with E-state index in [4.69, 9.17) is 16.6 Å². The fraction of sp³-hybridized carbons (Fsp3) is 0.350. The van der Waals surface area contributed by atoms with Crippen LogP contribution in [0, 0.1) is 6.92 Å². The predicted molar refractivity (Wildman–Crippen MR) is 104 cm³/mol. The van der Waals surface area contributed by atoms with E-state index in [1.165, 1.54) is 11.1 Å². The Morgan fingerprint density at radius 3 is 2.28 bits per heavy atom. The van der Waals surface area contributed by atoms with E-state index in [1.807, 2.05) is 31.2 Å². The summed E-state index contributed by atoms with van der Waals surface area (Å²) in [5.74, 6) is 1.75. The number of allylic oxidation sites excluding steroid dienone is 4. The van der Waals surface area contributed by atoms with Gasteiger partial charge >= 0.3 is 0 Å². The highest BCUT2D eigenvalue weighted by Gasteiger charge is 2.26. The highest BCUT2D eigenvalue weighted by Crippen LogP contribution is 2.33. The normalized spacial score (nSPS) is 17.1. The number of hydrogen-bond donors (Lipinski definition) is 0. The van der Waals surface area contributed by atoms with Gasteiger partial charge in [-0.3, -0.25) is 9.56 Å². The molecule has 25 heavy (non-hydrogen) atoms. The molecule has 1 aromatic heterocycles. The zero-order chi connectivity index (χ0) is 18.3. The smallest absolute Gasteiger partial charge is 0.161 e. The van der Waals surface area contributed by atoms with Crippen LogP contribution in [-0.2, 0) is 0 Å². The zero-order valence-corrected chi connectivity index (χ0v) is 16.3. The maximum absolute atomic E-state index is 6.08. The summed E-state index contributed by atoms with van der Waals surface area (Å²) in [6.45, 7) is 12.6. The Hall–Kier alpha value is -2.20.